The second kappa shape index (κ2) is 12.8. The molecule has 0 aliphatic rings. The van der Waals surface area contributed by atoms with E-state index in [9.17, 15) is 14.4 Å². The Bertz CT molecular complexity index is 1580. The molecule has 0 spiro atoms. The minimum absolute atomic E-state index is 0.00573. The molecule has 4 rings (SSSR count). The molecule has 4 aromatic rings. The summed E-state index contributed by atoms with van der Waals surface area (Å²) in [6.07, 6.45) is 4.09. The lowest BCUT2D eigenvalue weighted by Gasteiger charge is -2.09. The quantitative estimate of drug-likeness (QED) is 0.164. The Morgan fingerprint density at radius 3 is 2.59 bits per heavy atom. The van der Waals surface area contributed by atoms with Crippen LogP contribution in [0.5, 0.6) is 0 Å². The lowest BCUT2D eigenvalue weighted by Crippen LogP contribution is -2.32. The fourth-order valence-corrected chi connectivity index (χ4v) is 3.81. The highest BCUT2D eigenvalue weighted by molar-refractivity contribution is 6.02. The van der Waals surface area contributed by atoms with Gasteiger partial charge in [0, 0.05) is 18.5 Å². The Balaban J connectivity index is 1.46. The van der Waals surface area contributed by atoms with Gasteiger partial charge in [0.2, 0.25) is 17.5 Å². The maximum absolute atomic E-state index is 12.9. The number of aliphatic carboxylic acids is 1. The van der Waals surface area contributed by atoms with Crippen molar-refractivity contribution in [2.24, 2.45) is 16.1 Å². The second-order valence-corrected chi connectivity index (χ2v) is 8.65. The van der Waals surface area contributed by atoms with E-state index in [0.29, 0.717) is 12.2 Å². The number of amides is 2. The first kappa shape index (κ1) is 26.8. The summed E-state index contributed by atoms with van der Waals surface area (Å²) in [5.74, 6) is -2.22. The first-order valence-electron chi connectivity index (χ1n) is 12.1. The van der Waals surface area contributed by atoms with Crippen molar-refractivity contribution in [3.05, 3.63) is 108 Å². The van der Waals surface area contributed by atoms with Crippen LogP contribution < -0.4 is 16.0 Å². The van der Waals surface area contributed by atoms with Crippen molar-refractivity contribution in [2.45, 2.75) is 25.4 Å². The third-order valence-electron chi connectivity index (χ3n) is 5.77. The average molecular weight is 525 g/mol. The van der Waals surface area contributed by atoms with E-state index in [0.717, 1.165) is 21.9 Å². The fraction of sp³-hybridized carbons (Fsp3) is 0.143. The van der Waals surface area contributed by atoms with E-state index in [-0.39, 0.29) is 24.3 Å². The highest BCUT2D eigenvalue weighted by atomic mass is 16.4. The topological polar surface area (TPSA) is 166 Å². The van der Waals surface area contributed by atoms with Gasteiger partial charge in [-0.15, -0.1) is 0 Å². The second-order valence-electron chi connectivity index (χ2n) is 8.65. The van der Waals surface area contributed by atoms with Gasteiger partial charge in [-0.1, -0.05) is 77.5 Å². The number of aromatic nitrogens is 2. The predicted molar refractivity (Wildman–Crippen MR) is 144 cm³/mol. The number of carbonyl (C=O) groups is 3. The number of hydrogen-bond acceptors (Lipinski definition) is 6. The minimum atomic E-state index is -1.15. The lowest BCUT2D eigenvalue weighted by atomic mass is 10.0. The van der Waals surface area contributed by atoms with Crippen molar-refractivity contribution in [3.63, 3.8) is 0 Å². The van der Waals surface area contributed by atoms with Crippen LogP contribution in [0.4, 0.5) is 0 Å². The Kier molecular flexibility index (Phi) is 8.81. The van der Waals surface area contributed by atoms with Gasteiger partial charge >= 0.3 is 11.9 Å². The van der Waals surface area contributed by atoms with Crippen LogP contribution in [-0.4, -0.2) is 38.6 Å². The molecule has 196 valence electrons. The Morgan fingerprint density at radius 1 is 1.05 bits per heavy atom. The van der Waals surface area contributed by atoms with E-state index < -0.39 is 17.9 Å². The number of nitrogens with one attached hydrogen (secondary N) is 1. The summed E-state index contributed by atoms with van der Waals surface area (Å²) in [4.78, 5) is 44.2. The molecule has 0 aliphatic carbocycles. The number of hydrogen-bond donors (Lipinski definition) is 3. The molecule has 0 saturated heterocycles. The third kappa shape index (κ3) is 7.62. The van der Waals surface area contributed by atoms with Crippen LogP contribution in [0.2, 0.25) is 0 Å². The molecule has 0 bridgehead atoms. The maximum atomic E-state index is 12.9. The molecule has 3 aromatic carbocycles. The van der Waals surface area contributed by atoms with Crippen molar-refractivity contribution < 1.29 is 19.5 Å². The van der Waals surface area contributed by atoms with Crippen LogP contribution in [0.15, 0.2) is 101 Å². The number of benzene rings is 3. The Hall–Kier alpha value is -5.25. The van der Waals surface area contributed by atoms with E-state index >= 15 is 0 Å². The van der Waals surface area contributed by atoms with Crippen molar-refractivity contribution >= 4 is 34.6 Å². The summed E-state index contributed by atoms with van der Waals surface area (Å²) >= 11 is 0. The van der Waals surface area contributed by atoms with Crippen molar-refractivity contribution in [2.75, 3.05) is 0 Å². The van der Waals surface area contributed by atoms with Gasteiger partial charge in [0.15, 0.2) is 0 Å². The first-order valence-corrected chi connectivity index (χ1v) is 12.1. The lowest BCUT2D eigenvalue weighted by molar-refractivity contribution is -0.138. The SMILES string of the molecule is N[C@@H](Cc1cn(N=[N+]=NC(=O)C(=Cc2ccccc2)CC(=O)NCc2cccc3ccccc23)cn1)C(=O)O. The van der Waals surface area contributed by atoms with Gasteiger partial charge < -0.3 is 16.2 Å². The van der Waals surface area contributed by atoms with Gasteiger partial charge in [-0.3, -0.25) is 14.4 Å². The molecule has 1 atom stereocenters. The van der Waals surface area contributed by atoms with Gasteiger partial charge in [-0.25, -0.2) is 4.98 Å². The van der Waals surface area contributed by atoms with Crippen molar-refractivity contribution in [1.29, 1.82) is 0 Å². The average Bonchev–Trinajstić information content (AvgIpc) is 3.38. The third-order valence-corrected chi connectivity index (χ3v) is 5.77. The fourth-order valence-electron chi connectivity index (χ4n) is 3.81. The van der Waals surface area contributed by atoms with E-state index in [2.05, 4.69) is 25.5 Å². The maximum Gasteiger partial charge on any atom is 0.331 e. The van der Waals surface area contributed by atoms with E-state index in [1.165, 1.54) is 17.2 Å². The number of rotatable bonds is 10. The number of nitrogens with two attached hydrogens (primary N) is 1. The van der Waals surface area contributed by atoms with Gasteiger partial charge in [0.05, 0.1) is 22.1 Å². The molecule has 0 radical (unpaired) electrons. The molecule has 39 heavy (non-hydrogen) atoms. The van der Waals surface area contributed by atoms with Gasteiger partial charge in [-0.2, -0.15) is 0 Å². The number of carboxylic acid groups (broad SMARTS) is 1. The van der Waals surface area contributed by atoms with E-state index in [1.807, 2.05) is 60.7 Å². The zero-order valence-electron chi connectivity index (χ0n) is 20.8. The van der Waals surface area contributed by atoms with Crippen LogP contribution in [-0.2, 0) is 27.3 Å². The molecular weight excluding hydrogens is 498 g/mol. The predicted octanol–water partition coefficient (Wildman–Crippen LogP) is 3.04. The first-order chi connectivity index (χ1) is 18.9. The molecular formula is C28H26N7O4+. The summed E-state index contributed by atoms with van der Waals surface area (Å²) in [6, 6.07) is 21.8. The van der Waals surface area contributed by atoms with Crippen LogP contribution in [0, 0.1) is 0 Å². The Morgan fingerprint density at radius 2 is 1.79 bits per heavy atom. The standard InChI is InChI=1S/C28H25N7O4/c29-25(28(38)39)15-23-17-35(18-31-23)34-33-32-27(37)22(13-19-7-2-1-3-8-19)14-26(36)30-16-21-11-6-10-20-9-4-5-12-24(20)21/h1-13,17-18,25H,14-16,29H2,(H-,30,36,38,39)/p+1/t25-/m0/s1. The highest BCUT2D eigenvalue weighted by Crippen LogP contribution is 2.18. The number of nitrogens with zero attached hydrogens (tertiary/aromatic N) is 5. The number of fused-ring (bicyclic) bond motifs is 1. The molecule has 4 N–H and O–H groups in total. The molecule has 0 saturated carbocycles. The van der Waals surface area contributed by atoms with Crippen molar-refractivity contribution in [3.8, 4) is 0 Å². The number of carboxylic acids is 1. The molecule has 0 unspecified atom stereocenters. The minimum Gasteiger partial charge on any atom is -0.480 e. The van der Waals surface area contributed by atoms with Gasteiger partial charge in [-0.05, 0) is 28.0 Å². The summed E-state index contributed by atoms with van der Waals surface area (Å²) in [7, 11) is 0. The van der Waals surface area contributed by atoms with Crippen LogP contribution in [0.3, 0.4) is 0 Å². The summed E-state index contributed by atoms with van der Waals surface area (Å²) in [6.45, 7) is 0.304. The molecule has 0 aliphatic heterocycles. The number of carbonyl (C=O) groups excluding carboxylic acids is 2. The van der Waals surface area contributed by atoms with Gasteiger partial charge in [0.1, 0.15) is 12.2 Å². The zero-order chi connectivity index (χ0) is 27.6. The Labute approximate surface area is 223 Å². The smallest absolute Gasteiger partial charge is 0.331 e. The number of imidazole rings is 1. The molecule has 1 aromatic heterocycles. The van der Waals surface area contributed by atoms with E-state index in [4.69, 9.17) is 10.8 Å². The van der Waals surface area contributed by atoms with Gasteiger partial charge in [0.25, 0.3) is 0 Å². The summed E-state index contributed by atoms with van der Waals surface area (Å²) in [5.41, 5.74) is 7.72. The molecule has 1 heterocycles. The van der Waals surface area contributed by atoms with Crippen LogP contribution >= 0.6 is 0 Å². The zero-order valence-corrected chi connectivity index (χ0v) is 20.8. The summed E-state index contributed by atoms with van der Waals surface area (Å²) < 4.78 is 1.18. The van der Waals surface area contributed by atoms with E-state index in [1.54, 1.807) is 18.2 Å². The highest BCUT2D eigenvalue weighted by Gasteiger charge is 2.17. The van der Waals surface area contributed by atoms with Crippen molar-refractivity contribution in [1.82, 2.24) is 19.9 Å². The molecule has 0 fully saturated rings. The van der Waals surface area contributed by atoms with Crippen LogP contribution in [0.25, 0.3) is 16.8 Å². The molecule has 2 amide bonds. The normalized spacial score (nSPS) is 11.9. The summed E-state index contributed by atoms with van der Waals surface area (Å²) in [5, 5.41) is 21.3. The molecule has 11 nitrogen and oxygen atoms in total. The monoisotopic (exact) mass is 524 g/mol. The largest absolute Gasteiger partial charge is 0.480 e. The van der Waals surface area contributed by atoms with Crippen LogP contribution in [0.1, 0.15) is 23.2 Å². The molecule has 11 heteroatoms.